The normalized spacial score (nSPS) is 11.6. The van der Waals surface area contributed by atoms with Crippen molar-refractivity contribution in [3.05, 3.63) is 30.6 Å². The summed E-state index contributed by atoms with van der Waals surface area (Å²) in [6.07, 6.45) is 30.5. The van der Waals surface area contributed by atoms with Crippen molar-refractivity contribution >= 4 is 18.3 Å². The van der Waals surface area contributed by atoms with Gasteiger partial charge in [-0.15, -0.1) is 0 Å². The third-order valence-corrected chi connectivity index (χ3v) is 7.28. The van der Waals surface area contributed by atoms with Gasteiger partial charge >= 0.3 is 7.25 Å². The molecule has 0 aliphatic heterocycles. The van der Waals surface area contributed by atoms with E-state index in [2.05, 4.69) is 53.6 Å². The van der Waals surface area contributed by atoms with Crippen LogP contribution in [0.1, 0.15) is 142 Å². The van der Waals surface area contributed by atoms with Gasteiger partial charge in [-0.2, -0.15) is 0 Å². The minimum Gasteiger partial charge on any atom is -0.418 e. The zero-order chi connectivity index (χ0) is 27.9. The predicted molar refractivity (Wildman–Crippen MR) is 156 cm³/mol. The summed E-state index contributed by atoms with van der Waals surface area (Å²) in [4.78, 5) is 0. The minimum absolute atomic E-state index is 1.17. The smallest absolute Gasteiger partial charge is 0.418 e. The Hall–Kier alpha value is -1.53. The fourth-order valence-electron chi connectivity index (χ4n) is 5.14. The average Bonchev–Trinajstić information content (AvgIpc) is 3.23. The Morgan fingerprint density at radius 1 is 0.579 bits per heavy atom. The second-order valence-electron chi connectivity index (χ2n) is 10.8. The summed E-state index contributed by atoms with van der Waals surface area (Å²) >= 11 is 0. The van der Waals surface area contributed by atoms with E-state index in [9.17, 15) is 17.3 Å². The number of aryl methyl sites for hydroxylation is 2. The van der Waals surface area contributed by atoms with Crippen LogP contribution in [-0.2, 0) is 13.1 Å². The molecule has 0 bridgehead atoms. The van der Waals surface area contributed by atoms with E-state index in [1.807, 2.05) is 0 Å². The minimum atomic E-state index is -6.00. The number of imidazole rings is 1. The van der Waals surface area contributed by atoms with Crippen LogP contribution in [0.3, 0.4) is 0 Å². The number of hydrogen-bond acceptors (Lipinski definition) is 0. The number of rotatable bonds is 22. The Bertz CT molecular complexity index is 743. The SMILES string of the molecule is CCCCCCCCCCCCn1c[n+](CCCCCCCCCCCC)c2ccccc21.F[B-](F)(F)F. The van der Waals surface area contributed by atoms with Gasteiger partial charge < -0.3 is 17.3 Å². The van der Waals surface area contributed by atoms with Gasteiger partial charge in [0.15, 0.2) is 11.0 Å². The molecule has 38 heavy (non-hydrogen) atoms. The number of para-hydroxylation sites is 2. The molecule has 0 atom stereocenters. The largest absolute Gasteiger partial charge is 0.673 e. The van der Waals surface area contributed by atoms with E-state index in [1.165, 1.54) is 153 Å². The van der Waals surface area contributed by atoms with Crippen LogP contribution in [0.2, 0.25) is 0 Å². The molecule has 0 saturated carbocycles. The molecule has 0 aliphatic rings. The number of benzene rings is 1. The van der Waals surface area contributed by atoms with Crippen molar-refractivity contribution in [3.8, 4) is 0 Å². The van der Waals surface area contributed by atoms with Crippen molar-refractivity contribution in [1.82, 2.24) is 4.57 Å². The lowest BCUT2D eigenvalue weighted by Crippen LogP contribution is -2.32. The number of unbranched alkanes of at least 4 members (excludes halogenated alkanes) is 18. The van der Waals surface area contributed by atoms with Gasteiger partial charge in [-0.25, -0.2) is 9.13 Å². The maximum Gasteiger partial charge on any atom is 0.673 e. The van der Waals surface area contributed by atoms with E-state index in [4.69, 9.17) is 0 Å². The molecule has 0 spiro atoms. The van der Waals surface area contributed by atoms with Gasteiger partial charge in [0.05, 0.1) is 13.1 Å². The molecule has 0 amide bonds. The molecular weight excluding hydrogens is 487 g/mol. The zero-order valence-electron chi connectivity index (χ0n) is 24.4. The molecule has 1 aromatic carbocycles. The highest BCUT2D eigenvalue weighted by Gasteiger charge is 2.20. The summed E-state index contributed by atoms with van der Waals surface area (Å²) in [6, 6.07) is 9.01. The third-order valence-electron chi connectivity index (χ3n) is 7.28. The molecule has 7 heteroatoms. The molecule has 2 rings (SSSR count). The number of aromatic nitrogens is 2. The van der Waals surface area contributed by atoms with Gasteiger partial charge in [0.1, 0.15) is 0 Å². The lowest BCUT2D eigenvalue weighted by molar-refractivity contribution is -0.672. The molecular formula is C31H55BF4N2. The third kappa shape index (κ3) is 18.7. The van der Waals surface area contributed by atoms with Crippen LogP contribution in [0.25, 0.3) is 11.0 Å². The number of halogens is 4. The van der Waals surface area contributed by atoms with Crippen molar-refractivity contribution in [2.75, 3.05) is 0 Å². The molecule has 2 nitrogen and oxygen atoms in total. The van der Waals surface area contributed by atoms with Crippen LogP contribution in [-0.4, -0.2) is 11.8 Å². The van der Waals surface area contributed by atoms with Crippen molar-refractivity contribution < 1.29 is 21.8 Å². The molecule has 1 aromatic heterocycles. The van der Waals surface area contributed by atoms with Gasteiger partial charge in [-0.05, 0) is 37.8 Å². The molecule has 0 unspecified atom stereocenters. The lowest BCUT2D eigenvalue weighted by atomic mass is 10.1. The van der Waals surface area contributed by atoms with Gasteiger partial charge in [-0.1, -0.05) is 129 Å². The standard InChI is InChI=1S/C31H55N2.BF4/c1-3-5-7-9-11-13-15-17-19-23-27-32-29-33(31-26-22-21-25-30(31)32)28-24-20-18-16-14-12-10-8-6-4-2;2-1(3,4)5/h21-22,25-26,29H,3-20,23-24,27-28H2,1-2H3;/q+1;-1. The fourth-order valence-corrected chi connectivity index (χ4v) is 5.14. The number of nitrogens with zero attached hydrogens (tertiary/aromatic N) is 2. The van der Waals surface area contributed by atoms with E-state index in [-0.39, 0.29) is 0 Å². The molecule has 0 N–H and O–H groups in total. The molecule has 1 heterocycles. The van der Waals surface area contributed by atoms with Crippen molar-refractivity contribution in [3.63, 3.8) is 0 Å². The highest BCUT2D eigenvalue weighted by molar-refractivity contribution is 6.50. The Labute approximate surface area is 230 Å². The topological polar surface area (TPSA) is 8.81 Å². The highest BCUT2D eigenvalue weighted by atomic mass is 19.5. The number of hydrogen-bond donors (Lipinski definition) is 0. The number of fused-ring (bicyclic) bond motifs is 1. The maximum absolute atomic E-state index is 9.75. The predicted octanol–water partition coefficient (Wildman–Crippen LogP) is 11.1. The van der Waals surface area contributed by atoms with E-state index >= 15 is 0 Å². The first kappa shape index (κ1) is 34.5. The van der Waals surface area contributed by atoms with E-state index in [1.54, 1.807) is 0 Å². The summed E-state index contributed by atoms with van der Waals surface area (Å²) in [5.41, 5.74) is 2.83. The molecule has 0 saturated heterocycles. The van der Waals surface area contributed by atoms with Gasteiger partial charge in [0.2, 0.25) is 6.33 Å². The summed E-state index contributed by atoms with van der Waals surface area (Å²) in [6.45, 7) is 6.94. The van der Waals surface area contributed by atoms with E-state index < -0.39 is 7.25 Å². The Balaban J connectivity index is 0.00000132. The average molecular weight is 543 g/mol. The van der Waals surface area contributed by atoms with Crippen molar-refractivity contribution in [2.24, 2.45) is 0 Å². The van der Waals surface area contributed by atoms with Gasteiger partial charge in [0, 0.05) is 0 Å². The summed E-state index contributed by atoms with van der Waals surface area (Å²) in [7, 11) is -6.00. The van der Waals surface area contributed by atoms with E-state index in [0.717, 1.165) is 0 Å². The quantitative estimate of drug-likeness (QED) is 0.0606. The van der Waals surface area contributed by atoms with Crippen LogP contribution < -0.4 is 4.57 Å². The Kier molecular flexibility index (Phi) is 20.3. The second-order valence-corrected chi connectivity index (χ2v) is 10.8. The fraction of sp³-hybridized carbons (Fsp3) is 0.774. The molecule has 0 fully saturated rings. The van der Waals surface area contributed by atoms with Gasteiger partial charge in [-0.3, -0.25) is 0 Å². The zero-order valence-corrected chi connectivity index (χ0v) is 24.4. The molecule has 220 valence electrons. The van der Waals surface area contributed by atoms with Crippen molar-refractivity contribution in [2.45, 2.75) is 155 Å². The summed E-state index contributed by atoms with van der Waals surface area (Å²) < 4.78 is 44.0. The first-order valence-corrected chi connectivity index (χ1v) is 15.7. The highest BCUT2D eigenvalue weighted by Crippen LogP contribution is 2.15. The molecule has 0 radical (unpaired) electrons. The van der Waals surface area contributed by atoms with Gasteiger partial charge in [0.25, 0.3) is 0 Å². The Morgan fingerprint density at radius 2 is 0.974 bits per heavy atom. The summed E-state index contributed by atoms with van der Waals surface area (Å²) in [5.74, 6) is 0. The van der Waals surface area contributed by atoms with Crippen molar-refractivity contribution in [1.29, 1.82) is 0 Å². The van der Waals surface area contributed by atoms with Crippen LogP contribution in [0.4, 0.5) is 17.3 Å². The summed E-state index contributed by atoms with van der Waals surface area (Å²) in [5, 5.41) is 0. The monoisotopic (exact) mass is 542 g/mol. The molecule has 2 aromatic rings. The van der Waals surface area contributed by atoms with E-state index in [0.29, 0.717) is 0 Å². The second kappa shape index (κ2) is 22.3. The lowest BCUT2D eigenvalue weighted by Gasteiger charge is -2.02. The Morgan fingerprint density at radius 3 is 1.45 bits per heavy atom. The van der Waals surface area contributed by atoms with Crippen LogP contribution in [0.5, 0.6) is 0 Å². The van der Waals surface area contributed by atoms with Crippen LogP contribution >= 0.6 is 0 Å². The maximum atomic E-state index is 9.75. The first-order chi connectivity index (χ1) is 18.4. The van der Waals surface area contributed by atoms with Crippen LogP contribution in [0.15, 0.2) is 30.6 Å². The first-order valence-electron chi connectivity index (χ1n) is 15.7. The molecule has 0 aliphatic carbocycles. The van der Waals surface area contributed by atoms with Crippen LogP contribution in [0, 0.1) is 0 Å².